The van der Waals surface area contributed by atoms with E-state index in [1.807, 2.05) is 4.90 Å². The fourth-order valence-corrected chi connectivity index (χ4v) is 2.68. The summed E-state index contributed by atoms with van der Waals surface area (Å²) in [6.45, 7) is 6.67. The fourth-order valence-electron chi connectivity index (χ4n) is 2.68. The lowest BCUT2D eigenvalue weighted by Crippen LogP contribution is -2.46. The van der Waals surface area contributed by atoms with E-state index in [1.165, 1.54) is 0 Å². The minimum absolute atomic E-state index is 0.0364. The molecule has 0 saturated carbocycles. The maximum absolute atomic E-state index is 12.9. The highest BCUT2D eigenvalue weighted by Crippen LogP contribution is 2.40. The molecule has 0 spiro atoms. The molecule has 1 aliphatic heterocycles. The van der Waals surface area contributed by atoms with Crippen molar-refractivity contribution in [2.24, 2.45) is 0 Å². The number of hydrogen-bond acceptors (Lipinski definition) is 5. The molecule has 1 amide bonds. The highest BCUT2D eigenvalue weighted by molar-refractivity contribution is 6.20. The number of nitrogens with zero attached hydrogens (tertiary/aromatic N) is 1. The maximum Gasteiger partial charge on any atom is 0.254 e. The molecule has 0 atom stereocenters. The Morgan fingerprint density at radius 3 is 2.17 bits per heavy atom. The zero-order valence-electron chi connectivity index (χ0n) is 14.4. The number of allylic oxidation sites excluding steroid dienone is 2. The molecule has 0 aliphatic carbocycles. The molecule has 6 nitrogen and oxygen atoms in total. The van der Waals surface area contributed by atoms with E-state index in [-0.39, 0.29) is 5.91 Å². The van der Waals surface area contributed by atoms with Crippen molar-refractivity contribution in [3.63, 3.8) is 0 Å². The van der Waals surface area contributed by atoms with E-state index in [9.17, 15) is 4.79 Å². The zero-order valence-corrected chi connectivity index (χ0v) is 14.4. The van der Waals surface area contributed by atoms with E-state index in [1.54, 1.807) is 45.6 Å². The number of carbonyl (C=O) groups is 1. The van der Waals surface area contributed by atoms with Gasteiger partial charge in [-0.1, -0.05) is 12.7 Å². The number of hydrogen-bond donors (Lipinski definition) is 1. The van der Waals surface area contributed by atoms with E-state index in [0.29, 0.717) is 41.5 Å². The largest absolute Gasteiger partial charge is 0.493 e. The molecule has 1 saturated heterocycles. The first-order valence-corrected chi connectivity index (χ1v) is 7.79. The first-order valence-electron chi connectivity index (χ1n) is 7.79. The number of nitrogens with one attached hydrogen (secondary N) is 1. The van der Waals surface area contributed by atoms with Crippen LogP contribution in [0.5, 0.6) is 17.2 Å². The number of benzene rings is 1. The third kappa shape index (κ3) is 3.71. The SMILES string of the molecule is C=C/C=C(/C(=O)N1CCNCC1)c1cc(OC)c(OC)c(OC)c1. The summed E-state index contributed by atoms with van der Waals surface area (Å²) >= 11 is 0. The van der Waals surface area contributed by atoms with E-state index in [2.05, 4.69) is 11.9 Å². The molecule has 0 unspecified atom stereocenters. The Bertz CT molecular complexity index is 609. The van der Waals surface area contributed by atoms with Gasteiger partial charge in [0.25, 0.3) is 5.91 Å². The summed E-state index contributed by atoms with van der Waals surface area (Å²) in [5.74, 6) is 1.48. The third-order valence-corrected chi connectivity index (χ3v) is 3.89. The summed E-state index contributed by atoms with van der Waals surface area (Å²) in [6, 6.07) is 3.55. The lowest BCUT2D eigenvalue weighted by Gasteiger charge is -2.28. The average Bonchev–Trinajstić information content (AvgIpc) is 2.64. The Labute approximate surface area is 142 Å². The molecular formula is C18H24N2O4. The Kier molecular flexibility index (Phi) is 6.26. The quantitative estimate of drug-likeness (QED) is 0.635. The summed E-state index contributed by atoms with van der Waals surface area (Å²) in [5, 5.41) is 3.24. The van der Waals surface area contributed by atoms with Crippen LogP contribution in [0.1, 0.15) is 5.56 Å². The highest BCUT2D eigenvalue weighted by Gasteiger charge is 2.23. The second-order valence-corrected chi connectivity index (χ2v) is 5.27. The summed E-state index contributed by atoms with van der Waals surface area (Å²) in [7, 11) is 4.65. The minimum atomic E-state index is -0.0364. The van der Waals surface area contributed by atoms with E-state index in [0.717, 1.165) is 13.1 Å². The standard InChI is InChI=1S/C18H24N2O4/c1-5-6-14(18(21)20-9-7-19-8-10-20)13-11-15(22-2)17(24-4)16(12-13)23-3/h5-6,11-12,19H,1,7-10H2,2-4H3/b14-6+. The lowest BCUT2D eigenvalue weighted by atomic mass is 10.0. The molecule has 0 aromatic heterocycles. The van der Waals surface area contributed by atoms with Crippen LogP contribution in [0, 0.1) is 0 Å². The van der Waals surface area contributed by atoms with Crippen molar-refractivity contribution in [2.75, 3.05) is 47.5 Å². The van der Waals surface area contributed by atoms with Crippen molar-refractivity contribution in [3.05, 3.63) is 36.4 Å². The monoisotopic (exact) mass is 332 g/mol. The normalized spacial score (nSPS) is 15.0. The Balaban J connectivity index is 2.46. The first kappa shape index (κ1) is 17.9. The van der Waals surface area contributed by atoms with Crippen LogP contribution in [0.15, 0.2) is 30.9 Å². The molecular weight excluding hydrogens is 308 g/mol. The topological polar surface area (TPSA) is 60.0 Å². The Morgan fingerprint density at radius 2 is 1.71 bits per heavy atom. The second kappa shape index (κ2) is 8.40. The van der Waals surface area contributed by atoms with Gasteiger partial charge in [-0.3, -0.25) is 4.79 Å². The number of amides is 1. The molecule has 0 bridgehead atoms. The fraction of sp³-hybridized carbons (Fsp3) is 0.389. The Morgan fingerprint density at radius 1 is 1.12 bits per heavy atom. The first-order chi connectivity index (χ1) is 11.7. The van der Waals surface area contributed by atoms with Gasteiger partial charge in [0.15, 0.2) is 11.5 Å². The van der Waals surface area contributed by atoms with Crippen molar-refractivity contribution in [1.29, 1.82) is 0 Å². The van der Waals surface area contributed by atoms with Gasteiger partial charge in [0.1, 0.15) is 0 Å². The van der Waals surface area contributed by atoms with Crippen LogP contribution in [0.3, 0.4) is 0 Å². The second-order valence-electron chi connectivity index (χ2n) is 5.27. The van der Waals surface area contributed by atoms with Gasteiger partial charge in [0.05, 0.1) is 21.3 Å². The van der Waals surface area contributed by atoms with Crippen molar-refractivity contribution in [3.8, 4) is 17.2 Å². The van der Waals surface area contributed by atoms with Crippen molar-refractivity contribution in [1.82, 2.24) is 10.2 Å². The minimum Gasteiger partial charge on any atom is -0.493 e. The molecule has 6 heteroatoms. The molecule has 1 N–H and O–H groups in total. The molecule has 1 fully saturated rings. The highest BCUT2D eigenvalue weighted by atomic mass is 16.5. The summed E-state index contributed by atoms with van der Waals surface area (Å²) in [4.78, 5) is 14.7. The molecule has 1 aliphatic rings. The maximum atomic E-state index is 12.9. The number of ether oxygens (including phenoxy) is 3. The van der Waals surface area contributed by atoms with Crippen molar-refractivity contribution < 1.29 is 19.0 Å². The predicted octanol–water partition coefficient (Wildman–Crippen LogP) is 1.71. The number of methoxy groups -OCH3 is 3. The number of carbonyl (C=O) groups excluding carboxylic acids is 1. The van der Waals surface area contributed by atoms with Gasteiger partial charge < -0.3 is 24.4 Å². The molecule has 0 radical (unpaired) electrons. The van der Waals surface area contributed by atoms with Gasteiger partial charge in [-0.25, -0.2) is 0 Å². The van der Waals surface area contributed by atoms with Crippen LogP contribution in [0.2, 0.25) is 0 Å². The lowest BCUT2D eigenvalue weighted by molar-refractivity contribution is -0.125. The van der Waals surface area contributed by atoms with E-state index < -0.39 is 0 Å². The van der Waals surface area contributed by atoms with E-state index >= 15 is 0 Å². The number of rotatable bonds is 6. The van der Waals surface area contributed by atoms with Gasteiger partial charge in [0.2, 0.25) is 5.75 Å². The van der Waals surface area contributed by atoms with Crippen LogP contribution in [-0.4, -0.2) is 58.3 Å². The summed E-state index contributed by atoms with van der Waals surface area (Å²) in [5.41, 5.74) is 1.25. The third-order valence-electron chi connectivity index (χ3n) is 3.89. The van der Waals surface area contributed by atoms with Gasteiger partial charge in [-0.2, -0.15) is 0 Å². The van der Waals surface area contributed by atoms with Gasteiger partial charge in [-0.15, -0.1) is 0 Å². The van der Waals surface area contributed by atoms with Gasteiger partial charge in [0, 0.05) is 31.8 Å². The molecule has 1 heterocycles. The average molecular weight is 332 g/mol. The van der Waals surface area contributed by atoms with Crippen LogP contribution in [-0.2, 0) is 4.79 Å². The molecule has 130 valence electrons. The molecule has 2 rings (SSSR count). The van der Waals surface area contributed by atoms with Crippen molar-refractivity contribution in [2.45, 2.75) is 0 Å². The molecule has 1 aromatic rings. The Hall–Kier alpha value is -2.47. The van der Waals surface area contributed by atoms with Crippen LogP contribution in [0.4, 0.5) is 0 Å². The predicted molar refractivity (Wildman–Crippen MR) is 93.7 cm³/mol. The van der Waals surface area contributed by atoms with Crippen LogP contribution in [0.25, 0.3) is 5.57 Å². The molecule has 1 aromatic carbocycles. The van der Waals surface area contributed by atoms with E-state index in [4.69, 9.17) is 14.2 Å². The van der Waals surface area contributed by atoms with Crippen LogP contribution < -0.4 is 19.5 Å². The van der Waals surface area contributed by atoms with Crippen LogP contribution >= 0.6 is 0 Å². The summed E-state index contributed by atoms with van der Waals surface area (Å²) in [6.07, 6.45) is 3.32. The number of piperazine rings is 1. The van der Waals surface area contributed by atoms with Crippen molar-refractivity contribution >= 4 is 11.5 Å². The van der Waals surface area contributed by atoms with Gasteiger partial charge >= 0.3 is 0 Å². The summed E-state index contributed by atoms with van der Waals surface area (Å²) < 4.78 is 16.1. The molecule has 24 heavy (non-hydrogen) atoms. The van der Waals surface area contributed by atoms with Gasteiger partial charge in [-0.05, 0) is 23.8 Å². The smallest absolute Gasteiger partial charge is 0.254 e. The zero-order chi connectivity index (χ0) is 17.5.